The summed E-state index contributed by atoms with van der Waals surface area (Å²) in [4.78, 5) is 17.6. The Kier molecular flexibility index (Phi) is 8.53. The highest BCUT2D eigenvalue weighted by molar-refractivity contribution is 8.01. The maximum atomic E-state index is 11.8. The molecule has 1 aliphatic rings. The second kappa shape index (κ2) is 13.1. The van der Waals surface area contributed by atoms with Crippen LogP contribution in [0.25, 0.3) is 72.2 Å². The lowest BCUT2D eigenvalue weighted by Gasteiger charge is -2.00. The smallest absolute Gasteiger partial charge is 0.184 e. The number of hydrogen-bond acceptors (Lipinski definition) is 7. The van der Waals surface area contributed by atoms with Crippen LogP contribution in [-0.4, -0.2) is 16.5 Å². The first-order chi connectivity index (χ1) is 23.7. The number of hydrazine groups is 1. The molecular weight excluding hydrogens is 702 g/mol. The van der Waals surface area contributed by atoms with E-state index in [4.69, 9.17) is 5.84 Å². The van der Waals surface area contributed by atoms with Crippen LogP contribution in [-0.2, 0) is 0 Å². The van der Waals surface area contributed by atoms with Gasteiger partial charge in [0.05, 0.1) is 30.2 Å². The minimum atomic E-state index is 0. The molecule has 0 amide bonds. The Labute approximate surface area is 303 Å². The van der Waals surface area contributed by atoms with E-state index in [-0.39, 0.29) is 18.2 Å². The number of para-hydroxylation sites is 2. The lowest BCUT2D eigenvalue weighted by Crippen LogP contribution is -2.05. The van der Waals surface area contributed by atoms with Gasteiger partial charge in [0.1, 0.15) is 0 Å². The highest BCUT2D eigenvalue weighted by Gasteiger charge is 2.26. The average molecular weight is 730 g/mol. The number of nitrogens with one attached hydrogen (secondary N) is 2. The highest BCUT2D eigenvalue weighted by atomic mass is 35.5. The molecule has 0 spiro atoms. The Morgan fingerprint density at radius 1 is 0.592 bits per heavy atom. The average Bonchev–Trinajstić information content (AvgIpc) is 3.95. The quantitative estimate of drug-likeness (QED) is 0.116. The highest BCUT2D eigenvalue weighted by Crippen LogP contribution is 2.48. The van der Waals surface area contributed by atoms with Gasteiger partial charge in [-0.3, -0.25) is 10.6 Å². The number of aromatic nitrogens is 1. The summed E-state index contributed by atoms with van der Waals surface area (Å²) in [5.41, 5.74) is 6.00. The molecule has 0 bridgehead atoms. The number of ketones is 1. The molecule has 4 aromatic heterocycles. The van der Waals surface area contributed by atoms with E-state index in [1.165, 1.54) is 77.1 Å². The van der Waals surface area contributed by atoms with Crippen LogP contribution in [0, 0.1) is 0 Å². The van der Waals surface area contributed by atoms with Crippen molar-refractivity contribution in [3.8, 4) is 0 Å². The van der Waals surface area contributed by atoms with E-state index in [0.29, 0.717) is 5.75 Å². The summed E-state index contributed by atoms with van der Waals surface area (Å²) >= 11 is 7.16. The van der Waals surface area contributed by atoms with Gasteiger partial charge in [-0.25, -0.2) is 0 Å². The van der Waals surface area contributed by atoms with Crippen LogP contribution in [0.3, 0.4) is 0 Å². The van der Waals surface area contributed by atoms with Crippen molar-refractivity contribution < 1.29 is 4.79 Å². The van der Waals surface area contributed by atoms with Crippen molar-refractivity contribution in [2.45, 2.75) is 4.90 Å². The van der Waals surface area contributed by atoms with E-state index in [0.717, 1.165) is 10.6 Å². The van der Waals surface area contributed by atoms with E-state index in [2.05, 4.69) is 107 Å². The molecule has 1 aliphatic heterocycles. The molecule has 0 saturated heterocycles. The number of thiophene rings is 3. The maximum absolute atomic E-state index is 11.8. The maximum Gasteiger partial charge on any atom is 0.184 e. The number of fused-ring (bicyclic) bond motifs is 14. The minimum absolute atomic E-state index is 0. The van der Waals surface area contributed by atoms with Crippen LogP contribution < -0.4 is 11.3 Å². The van der Waals surface area contributed by atoms with Crippen molar-refractivity contribution in [1.29, 1.82) is 0 Å². The third-order valence-electron chi connectivity index (χ3n) is 8.70. The van der Waals surface area contributed by atoms with Gasteiger partial charge >= 0.3 is 0 Å². The van der Waals surface area contributed by atoms with E-state index in [1.807, 2.05) is 53.0 Å². The molecule has 6 aromatic carbocycles. The molecule has 4 N–H and O–H groups in total. The molecule has 0 saturated carbocycles. The van der Waals surface area contributed by atoms with Crippen LogP contribution >= 0.6 is 58.2 Å². The third-order valence-corrected chi connectivity index (χ3v) is 13.7. The summed E-state index contributed by atoms with van der Waals surface area (Å²) in [6.07, 6.45) is 0. The Morgan fingerprint density at radius 2 is 1.20 bits per heavy atom. The Hall–Kier alpha value is -4.41. The zero-order valence-electron chi connectivity index (χ0n) is 25.9. The van der Waals surface area contributed by atoms with Gasteiger partial charge < -0.3 is 10.4 Å². The number of halogens is 1. The topological polar surface area (TPSA) is 70.9 Å². The number of carbonyl (C=O) groups is 1. The summed E-state index contributed by atoms with van der Waals surface area (Å²) in [7, 11) is 0. The van der Waals surface area contributed by atoms with Gasteiger partial charge in [0, 0.05) is 41.7 Å². The van der Waals surface area contributed by atoms with E-state index >= 15 is 0 Å². The van der Waals surface area contributed by atoms with Crippen LogP contribution in [0.4, 0.5) is 5.69 Å². The monoisotopic (exact) mass is 729 g/mol. The summed E-state index contributed by atoms with van der Waals surface area (Å²) in [6.45, 7) is 0. The number of benzene rings is 6. The first-order valence-corrected chi connectivity index (χ1v) is 19.0. The molecule has 0 radical (unpaired) electrons. The number of nitrogens with two attached hydrogens (primary N) is 1. The van der Waals surface area contributed by atoms with Gasteiger partial charge in [0.25, 0.3) is 0 Å². The third kappa shape index (κ3) is 5.45. The predicted octanol–water partition coefficient (Wildman–Crippen LogP) is 12.6. The fourth-order valence-corrected chi connectivity index (χ4v) is 11.8. The number of thioether (sulfide) groups is 1. The largest absolute Gasteiger partial charge is 0.353 e. The molecule has 240 valence electrons. The molecule has 0 fully saturated rings. The van der Waals surface area contributed by atoms with Crippen molar-refractivity contribution in [1.82, 2.24) is 4.98 Å². The normalized spacial score (nSPS) is 12.3. The summed E-state index contributed by atoms with van der Waals surface area (Å²) in [6, 6.07) is 44.1. The summed E-state index contributed by atoms with van der Waals surface area (Å²) in [5.74, 6) is 6.00. The molecule has 11 rings (SSSR count). The van der Waals surface area contributed by atoms with E-state index in [9.17, 15) is 4.79 Å². The second-order valence-corrected chi connectivity index (χ2v) is 15.6. The first-order valence-electron chi connectivity index (χ1n) is 15.5. The lowest BCUT2D eigenvalue weighted by atomic mass is 10.1. The molecule has 49 heavy (non-hydrogen) atoms. The van der Waals surface area contributed by atoms with Crippen LogP contribution in [0.5, 0.6) is 0 Å². The standard InChI is InChI=1S/C20H11NS2.C14H8OS2.C6H8N2.ClH/c1-2-6-12-11(5-1)9-10-15-16(12)19-20(22-15)17-18(23-19)13-7-3-4-8-14(13)21-17;15-10-7-16-14-12-9-4-2-1-3-8(9)5-6-11(12)17-13(10)14;7-8-6-4-2-1-3-5-6;/h1-10,21H;1-6H,7H2;1-5,8H,7H2;1H. The molecule has 0 unspecified atom stereocenters. The Balaban J connectivity index is 0.000000118. The SMILES string of the molecule is Cl.NNc1ccccc1.O=C1CSc2c1sc1ccc3ccccc3c21.c1ccc2c(c1)ccc1sc3c4[nH]c5ccccc5c4sc3c12. The number of Topliss-reactive ketones (excluding diaryl/α,β-unsaturated/α-hetero) is 1. The predicted molar refractivity (Wildman–Crippen MR) is 220 cm³/mol. The van der Waals surface area contributed by atoms with Crippen molar-refractivity contribution in [3.63, 3.8) is 0 Å². The fourth-order valence-electron chi connectivity index (χ4n) is 6.49. The van der Waals surface area contributed by atoms with Crippen molar-refractivity contribution in [3.05, 3.63) is 132 Å². The van der Waals surface area contributed by atoms with Gasteiger partial charge in [-0.15, -0.1) is 58.2 Å². The molecular formula is C40H28ClN3OS4. The summed E-state index contributed by atoms with van der Waals surface area (Å²) < 4.78 is 6.82. The number of carbonyl (C=O) groups excluding carboxylic acids is 1. The Bertz CT molecular complexity index is 2810. The van der Waals surface area contributed by atoms with Crippen molar-refractivity contribution in [2.24, 2.45) is 5.84 Å². The molecule has 4 nitrogen and oxygen atoms in total. The molecule has 5 heterocycles. The van der Waals surface area contributed by atoms with Gasteiger partial charge in [0.2, 0.25) is 0 Å². The molecule has 0 aliphatic carbocycles. The van der Waals surface area contributed by atoms with Gasteiger partial charge in [-0.1, -0.05) is 97.1 Å². The number of nitrogen functional groups attached to an aromatic ring is 1. The van der Waals surface area contributed by atoms with E-state index in [1.54, 1.807) is 23.1 Å². The molecule has 9 heteroatoms. The molecule has 0 atom stereocenters. The number of anilines is 1. The van der Waals surface area contributed by atoms with Gasteiger partial charge in [-0.2, -0.15) is 0 Å². The van der Waals surface area contributed by atoms with Gasteiger partial charge in [0.15, 0.2) is 5.78 Å². The number of aromatic amines is 1. The Morgan fingerprint density at radius 3 is 1.90 bits per heavy atom. The summed E-state index contributed by atoms with van der Waals surface area (Å²) in [5, 5.41) is 9.24. The van der Waals surface area contributed by atoms with Crippen molar-refractivity contribution >= 4 is 142 Å². The van der Waals surface area contributed by atoms with Crippen LogP contribution in [0.2, 0.25) is 0 Å². The number of rotatable bonds is 1. The van der Waals surface area contributed by atoms with Crippen molar-refractivity contribution in [2.75, 3.05) is 11.2 Å². The number of hydrogen-bond donors (Lipinski definition) is 3. The fraction of sp³-hybridized carbons (Fsp3) is 0.0250. The zero-order chi connectivity index (χ0) is 32.2. The first kappa shape index (κ1) is 31.8. The van der Waals surface area contributed by atoms with E-state index < -0.39 is 0 Å². The van der Waals surface area contributed by atoms with Crippen LogP contribution in [0.1, 0.15) is 9.67 Å². The number of H-pyrrole nitrogens is 1. The zero-order valence-corrected chi connectivity index (χ0v) is 29.9. The lowest BCUT2D eigenvalue weighted by molar-refractivity contribution is 0.102. The van der Waals surface area contributed by atoms with Crippen LogP contribution in [0.15, 0.2) is 132 Å². The van der Waals surface area contributed by atoms with Gasteiger partial charge in [-0.05, 0) is 51.9 Å². The second-order valence-electron chi connectivity index (χ2n) is 11.5. The minimum Gasteiger partial charge on any atom is -0.353 e. The molecule has 10 aromatic rings.